The maximum absolute atomic E-state index is 9.65. The van der Waals surface area contributed by atoms with Crippen LogP contribution in [0.5, 0.6) is 11.5 Å². The second-order valence-electron chi connectivity index (χ2n) is 6.80. The molecule has 0 radical (unpaired) electrons. The fraction of sp³-hybridized carbons (Fsp3) is 0.632. The van der Waals surface area contributed by atoms with Crippen molar-refractivity contribution in [2.24, 2.45) is 4.99 Å². The van der Waals surface area contributed by atoms with Gasteiger partial charge in [0, 0.05) is 19.0 Å². The van der Waals surface area contributed by atoms with E-state index in [2.05, 4.69) is 15.6 Å². The first kappa shape index (κ1) is 22.4. The van der Waals surface area contributed by atoms with E-state index in [1.165, 1.54) is 0 Å². The molecule has 0 spiro atoms. The standard InChI is InChI=1S/C19H28ClN3O3.HI/c1-2-21-19(23-14-4-6-15(24)7-5-14)22-12-13-10-16(20)18-17(11-13)25-8-3-9-26-18;/h10-11,14-15,24H,2-9,12H2,1H3,(H2,21,22,23);1H. The second-order valence-corrected chi connectivity index (χ2v) is 7.21. The molecule has 8 heteroatoms. The van der Waals surface area contributed by atoms with Gasteiger partial charge >= 0.3 is 0 Å². The van der Waals surface area contributed by atoms with Gasteiger partial charge in [-0.05, 0) is 50.3 Å². The molecule has 1 heterocycles. The summed E-state index contributed by atoms with van der Waals surface area (Å²) in [5.41, 5.74) is 0.982. The Balaban J connectivity index is 0.00000261. The zero-order valence-corrected chi connectivity index (χ0v) is 18.8. The Bertz CT molecular complexity index is 637. The average Bonchev–Trinajstić information content (AvgIpc) is 2.88. The number of ether oxygens (including phenoxy) is 2. The third-order valence-electron chi connectivity index (χ3n) is 4.66. The zero-order chi connectivity index (χ0) is 18.4. The van der Waals surface area contributed by atoms with Crippen molar-refractivity contribution < 1.29 is 14.6 Å². The minimum Gasteiger partial charge on any atom is -0.489 e. The molecule has 1 aliphatic carbocycles. The molecule has 0 unspecified atom stereocenters. The van der Waals surface area contributed by atoms with Gasteiger partial charge in [-0.3, -0.25) is 0 Å². The van der Waals surface area contributed by atoms with Crippen LogP contribution in [0.25, 0.3) is 0 Å². The lowest BCUT2D eigenvalue weighted by Crippen LogP contribution is -2.45. The molecule has 0 atom stereocenters. The molecule has 6 nitrogen and oxygen atoms in total. The van der Waals surface area contributed by atoms with Gasteiger partial charge in [-0.25, -0.2) is 4.99 Å². The van der Waals surface area contributed by atoms with E-state index in [1.54, 1.807) is 0 Å². The molecule has 1 aliphatic heterocycles. The van der Waals surface area contributed by atoms with Crippen molar-refractivity contribution in [3.8, 4) is 11.5 Å². The number of nitrogens with one attached hydrogen (secondary N) is 2. The summed E-state index contributed by atoms with van der Waals surface area (Å²) in [6.07, 6.45) is 4.30. The highest BCUT2D eigenvalue weighted by Crippen LogP contribution is 2.38. The van der Waals surface area contributed by atoms with Crippen LogP contribution >= 0.6 is 35.6 Å². The molecule has 0 aromatic heterocycles. The molecule has 2 aliphatic rings. The molecular formula is C19H29ClIN3O3. The van der Waals surface area contributed by atoms with E-state index in [9.17, 15) is 5.11 Å². The summed E-state index contributed by atoms with van der Waals surface area (Å²) in [6.45, 7) is 4.60. The summed E-state index contributed by atoms with van der Waals surface area (Å²) < 4.78 is 11.4. The SMILES string of the molecule is CCNC(=NCc1cc(Cl)c2c(c1)OCCCO2)NC1CCC(O)CC1.I. The number of benzene rings is 1. The lowest BCUT2D eigenvalue weighted by molar-refractivity contribution is 0.120. The van der Waals surface area contributed by atoms with E-state index in [4.69, 9.17) is 21.1 Å². The van der Waals surface area contributed by atoms with Crippen molar-refractivity contribution in [3.63, 3.8) is 0 Å². The molecule has 0 saturated heterocycles. The number of hydrogen-bond acceptors (Lipinski definition) is 4. The Morgan fingerprint density at radius 3 is 2.70 bits per heavy atom. The summed E-state index contributed by atoms with van der Waals surface area (Å²) in [4.78, 5) is 4.69. The molecule has 0 amide bonds. The lowest BCUT2D eigenvalue weighted by atomic mass is 9.93. The number of halogens is 2. The maximum Gasteiger partial charge on any atom is 0.191 e. The Morgan fingerprint density at radius 1 is 1.22 bits per heavy atom. The van der Waals surface area contributed by atoms with Crippen molar-refractivity contribution in [1.82, 2.24) is 10.6 Å². The predicted octanol–water partition coefficient (Wildman–Crippen LogP) is 3.48. The molecule has 152 valence electrons. The fourth-order valence-corrected chi connectivity index (χ4v) is 3.57. The van der Waals surface area contributed by atoms with Gasteiger partial charge in [-0.1, -0.05) is 11.6 Å². The van der Waals surface area contributed by atoms with Gasteiger partial charge in [0.25, 0.3) is 0 Å². The lowest BCUT2D eigenvalue weighted by Gasteiger charge is -2.27. The van der Waals surface area contributed by atoms with Crippen LogP contribution in [0, 0.1) is 0 Å². The first-order valence-electron chi connectivity index (χ1n) is 9.46. The summed E-state index contributed by atoms with van der Waals surface area (Å²) in [6, 6.07) is 4.19. The average molecular weight is 510 g/mol. The quantitative estimate of drug-likeness (QED) is 0.329. The van der Waals surface area contributed by atoms with Gasteiger partial charge < -0.3 is 25.2 Å². The molecular weight excluding hydrogens is 481 g/mol. The fourth-order valence-electron chi connectivity index (χ4n) is 3.28. The van der Waals surface area contributed by atoms with Crippen molar-refractivity contribution in [3.05, 3.63) is 22.7 Å². The summed E-state index contributed by atoms with van der Waals surface area (Å²) in [5.74, 6) is 2.11. The third-order valence-corrected chi connectivity index (χ3v) is 4.94. The second kappa shape index (κ2) is 11.2. The smallest absolute Gasteiger partial charge is 0.191 e. The molecule has 27 heavy (non-hydrogen) atoms. The summed E-state index contributed by atoms with van der Waals surface area (Å²) in [5, 5.41) is 17.0. The van der Waals surface area contributed by atoms with Crippen LogP contribution in [-0.2, 0) is 6.54 Å². The van der Waals surface area contributed by atoms with Gasteiger partial charge in [0.15, 0.2) is 17.5 Å². The third kappa shape index (κ3) is 6.57. The monoisotopic (exact) mass is 509 g/mol. The number of aliphatic hydroxyl groups is 1. The van der Waals surface area contributed by atoms with Gasteiger partial charge in [0.2, 0.25) is 0 Å². The van der Waals surface area contributed by atoms with Crippen LogP contribution in [-0.4, -0.2) is 43.0 Å². The highest BCUT2D eigenvalue weighted by molar-refractivity contribution is 14.0. The van der Waals surface area contributed by atoms with Crippen molar-refractivity contribution >= 4 is 41.5 Å². The van der Waals surface area contributed by atoms with Crippen LogP contribution in [0.15, 0.2) is 17.1 Å². The normalized spacial score (nSPS) is 22.4. The van der Waals surface area contributed by atoms with E-state index in [0.29, 0.717) is 42.3 Å². The molecule has 3 rings (SSSR count). The van der Waals surface area contributed by atoms with E-state index < -0.39 is 0 Å². The number of aliphatic hydroxyl groups excluding tert-OH is 1. The van der Waals surface area contributed by atoms with E-state index >= 15 is 0 Å². The molecule has 1 aromatic carbocycles. The van der Waals surface area contributed by atoms with Crippen LogP contribution in [0.4, 0.5) is 0 Å². The number of guanidine groups is 1. The Kier molecular flexibility index (Phi) is 9.25. The van der Waals surface area contributed by atoms with Crippen LogP contribution < -0.4 is 20.1 Å². The Labute approximate surface area is 183 Å². The molecule has 1 aromatic rings. The first-order valence-corrected chi connectivity index (χ1v) is 9.84. The van der Waals surface area contributed by atoms with E-state index in [0.717, 1.165) is 50.2 Å². The first-order chi connectivity index (χ1) is 12.7. The topological polar surface area (TPSA) is 75.1 Å². The van der Waals surface area contributed by atoms with Crippen LogP contribution in [0.1, 0.15) is 44.6 Å². The van der Waals surface area contributed by atoms with Crippen LogP contribution in [0.2, 0.25) is 5.02 Å². The van der Waals surface area contributed by atoms with Gasteiger partial charge in [0.1, 0.15) is 0 Å². The highest BCUT2D eigenvalue weighted by Gasteiger charge is 2.20. The number of aliphatic imine (C=N–C) groups is 1. The molecule has 3 N–H and O–H groups in total. The summed E-state index contributed by atoms with van der Waals surface area (Å²) >= 11 is 6.36. The van der Waals surface area contributed by atoms with Gasteiger partial charge in [0.05, 0.1) is 30.9 Å². The Morgan fingerprint density at radius 2 is 1.96 bits per heavy atom. The van der Waals surface area contributed by atoms with Gasteiger partial charge in [-0.2, -0.15) is 0 Å². The number of fused-ring (bicyclic) bond motifs is 1. The minimum atomic E-state index is -0.156. The van der Waals surface area contributed by atoms with Crippen molar-refractivity contribution in [1.29, 1.82) is 0 Å². The van der Waals surface area contributed by atoms with Crippen molar-refractivity contribution in [2.75, 3.05) is 19.8 Å². The van der Waals surface area contributed by atoms with E-state index in [-0.39, 0.29) is 30.1 Å². The largest absolute Gasteiger partial charge is 0.489 e. The zero-order valence-electron chi connectivity index (χ0n) is 15.7. The van der Waals surface area contributed by atoms with E-state index in [1.807, 2.05) is 19.1 Å². The summed E-state index contributed by atoms with van der Waals surface area (Å²) in [7, 11) is 0. The Hall–Kier alpha value is -0.930. The maximum atomic E-state index is 9.65. The number of nitrogens with zero attached hydrogens (tertiary/aromatic N) is 1. The number of hydrogen-bond donors (Lipinski definition) is 3. The predicted molar refractivity (Wildman–Crippen MR) is 119 cm³/mol. The minimum absolute atomic E-state index is 0. The van der Waals surface area contributed by atoms with Gasteiger partial charge in [-0.15, -0.1) is 24.0 Å². The molecule has 1 saturated carbocycles. The number of rotatable bonds is 4. The van der Waals surface area contributed by atoms with Crippen LogP contribution in [0.3, 0.4) is 0 Å². The molecule has 1 fully saturated rings. The van der Waals surface area contributed by atoms with Crippen molar-refractivity contribution in [2.45, 2.75) is 57.7 Å². The highest BCUT2D eigenvalue weighted by atomic mass is 127. The molecule has 0 bridgehead atoms.